The minimum atomic E-state index is -0.428. The third-order valence-electron chi connectivity index (χ3n) is 4.31. The van der Waals surface area contributed by atoms with Gasteiger partial charge in [-0.05, 0) is 30.3 Å². The van der Waals surface area contributed by atoms with Crippen molar-refractivity contribution in [1.29, 1.82) is 0 Å². The molecule has 0 bridgehead atoms. The molecule has 0 radical (unpaired) electrons. The van der Waals surface area contributed by atoms with Gasteiger partial charge < -0.3 is 10.2 Å². The van der Waals surface area contributed by atoms with E-state index in [9.17, 15) is 9.59 Å². The van der Waals surface area contributed by atoms with Crippen LogP contribution in [0, 0.1) is 5.92 Å². The van der Waals surface area contributed by atoms with Gasteiger partial charge >= 0.3 is 0 Å². The number of benzene rings is 1. The quantitative estimate of drug-likeness (QED) is 0.724. The minimum absolute atomic E-state index is 0.0902. The summed E-state index contributed by atoms with van der Waals surface area (Å²) in [5, 5.41) is 5.75. The lowest BCUT2D eigenvalue weighted by atomic mass is 10.1. The Bertz CT molecular complexity index is 992. The van der Waals surface area contributed by atoms with Gasteiger partial charge in [0.2, 0.25) is 11.8 Å². The van der Waals surface area contributed by atoms with E-state index >= 15 is 0 Å². The molecular formula is C19H15ClN4O2S. The first kappa shape index (κ1) is 17.6. The molecule has 1 saturated heterocycles. The summed E-state index contributed by atoms with van der Waals surface area (Å²) in [6.45, 7) is 0.325. The van der Waals surface area contributed by atoms with Gasteiger partial charge in [-0.15, -0.1) is 11.3 Å². The van der Waals surface area contributed by atoms with Crippen molar-refractivity contribution in [2.24, 2.45) is 5.92 Å². The van der Waals surface area contributed by atoms with E-state index in [4.69, 9.17) is 11.6 Å². The Balaban J connectivity index is 1.44. The molecule has 1 atom stereocenters. The number of rotatable bonds is 4. The predicted octanol–water partition coefficient (Wildman–Crippen LogP) is 3.85. The molecule has 1 aliphatic heterocycles. The van der Waals surface area contributed by atoms with Gasteiger partial charge in [-0.2, -0.15) is 0 Å². The molecule has 2 amide bonds. The Morgan fingerprint density at radius 3 is 2.96 bits per heavy atom. The lowest BCUT2D eigenvalue weighted by molar-refractivity contribution is -0.122. The third kappa shape index (κ3) is 3.84. The van der Waals surface area contributed by atoms with Gasteiger partial charge in [0.05, 0.1) is 11.6 Å². The van der Waals surface area contributed by atoms with Gasteiger partial charge in [0.15, 0.2) is 5.13 Å². The molecule has 0 saturated carbocycles. The van der Waals surface area contributed by atoms with E-state index in [2.05, 4.69) is 15.3 Å². The van der Waals surface area contributed by atoms with Gasteiger partial charge in [-0.1, -0.05) is 17.7 Å². The molecule has 1 fully saturated rings. The summed E-state index contributed by atoms with van der Waals surface area (Å²) in [4.78, 5) is 35.0. The van der Waals surface area contributed by atoms with Crippen LogP contribution in [0.3, 0.4) is 0 Å². The van der Waals surface area contributed by atoms with Crippen molar-refractivity contribution in [3.63, 3.8) is 0 Å². The summed E-state index contributed by atoms with van der Waals surface area (Å²) < 4.78 is 0. The van der Waals surface area contributed by atoms with Crippen LogP contribution in [0.4, 0.5) is 10.8 Å². The number of thiazole rings is 1. The SMILES string of the molecule is O=C(Nc1nc(-c2cccnc2)cs1)[C@@H]1CC(=O)N(c2cccc(Cl)c2)C1. The first-order valence-electron chi connectivity index (χ1n) is 8.33. The van der Waals surface area contributed by atoms with E-state index in [1.54, 1.807) is 35.5 Å². The molecule has 0 spiro atoms. The number of halogens is 1. The van der Waals surface area contributed by atoms with Crippen LogP contribution in [0.1, 0.15) is 6.42 Å². The number of carbonyl (C=O) groups is 2. The summed E-state index contributed by atoms with van der Waals surface area (Å²) in [5.74, 6) is -0.727. The third-order valence-corrected chi connectivity index (χ3v) is 5.30. The first-order valence-corrected chi connectivity index (χ1v) is 9.58. The van der Waals surface area contributed by atoms with Crippen LogP contribution >= 0.6 is 22.9 Å². The summed E-state index contributed by atoms with van der Waals surface area (Å²) in [6, 6.07) is 10.8. The van der Waals surface area contributed by atoms with Crippen LogP contribution in [-0.4, -0.2) is 28.3 Å². The molecule has 136 valence electrons. The van der Waals surface area contributed by atoms with Gasteiger partial charge in [-0.25, -0.2) is 4.98 Å². The second-order valence-corrected chi connectivity index (χ2v) is 7.45. The maximum Gasteiger partial charge on any atom is 0.231 e. The Kier molecular flexibility index (Phi) is 4.87. The van der Waals surface area contributed by atoms with E-state index < -0.39 is 5.92 Å². The van der Waals surface area contributed by atoms with Crippen molar-refractivity contribution in [3.8, 4) is 11.3 Å². The molecule has 0 aliphatic carbocycles. The number of hydrogen-bond donors (Lipinski definition) is 1. The zero-order valence-electron chi connectivity index (χ0n) is 14.1. The zero-order chi connectivity index (χ0) is 18.8. The van der Waals surface area contributed by atoms with Crippen LogP contribution in [-0.2, 0) is 9.59 Å². The lowest BCUT2D eigenvalue weighted by Gasteiger charge is -2.16. The molecule has 1 aromatic carbocycles. The topological polar surface area (TPSA) is 75.2 Å². The highest BCUT2D eigenvalue weighted by Crippen LogP contribution is 2.29. The first-order chi connectivity index (χ1) is 13.1. The fourth-order valence-corrected chi connectivity index (χ4v) is 3.87. The molecule has 0 unspecified atom stereocenters. The van der Waals surface area contributed by atoms with Crippen molar-refractivity contribution >= 4 is 45.6 Å². The molecule has 27 heavy (non-hydrogen) atoms. The Labute approximate surface area is 164 Å². The molecule has 8 heteroatoms. The number of nitrogens with zero attached hydrogens (tertiary/aromatic N) is 3. The standard InChI is InChI=1S/C19H15ClN4O2S/c20-14-4-1-5-15(8-14)24-10-13(7-17(24)25)18(26)23-19-22-16(11-27-19)12-3-2-6-21-9-12/h1-6,8-9,11,13H,7,10H2,(H,22,23,26)/t13-/m1/s1. The van der Waals surface area contributed by atoms with Gasteiger partial charge in [0.25, 0.3) is 0 Å². The predicted molar refractivity (Wildman–Crippen MR) is 106 cm³/mol. The van der Waals surface area contributed by atoms with Crippen LogP contribution in [0.25, 0.3) is 11.3 Å². The molecule has 2 aromatic heterocycles. The molecule has 3 aromatic rings. The highest BCUT2D eigenvalue weighted by Gasteiger charge is 2.35. The van der Waals surface area contributed by atoms with Crippen molar-refractivity contribution in [3.05, 3.63) is 59.2 Å². The van der Waals surface area contributed by atoms with E-state index in [-0.39, 0.29) is 18.2 Å². The van der Waals surface area contributed by atoms with Gasteiger partial charge in [0, 0.05) is 47.0 Å². The average molecular weight is 399 g/mol. The number of hydrogen-bond acceptors (Lipinski definition) is 5. The van der Waals surface area contributed by atoms with E-state index in [0.29, 0.717) is 22.4 Å². The molecule has 3 heterocycles. The maximum atomic E-state index is 12.6. The van der Waals surface area contributed by atoms with Gasteiger partial charge in [-0.3, -0.25) is 14.6 Å². The smallest absolute Gasteiger partial charge is 0.231 e. The van der Waals surface area contributed by atoms with Crippen LogP contribution in [0.5, 0.6) is 0 Å². The molecule has 4 rings (SSSR count). The fraction of sp³-hybridized carbons (Fsp3) is 0.158. The number of nitrogens with one attached hydrogen (secondary N) is 1. The van der Waals surface area contributed by atoms with Crippen LogP contribution in [0.15, 0.2) is 54.2 Å². The van der Waals surface area contributed by atoms with Crippen molar-refractivity contribution in [1.82, 2.24) is 9.97 Å². The Morgan fingerprint density at radius 2 is 2.19 bits per heavy atom. The minimum Gasteiger partial charge on any atom is -0.312 e. The zero-order valence-corrected chi connectivity index (χ0v) is 15.7. The number of aromatic nitrogens is 2. The molecular weight excluding hydrogens is 384 g/mol. The normalized spacial score (nSPS) is 16.6. The molecule has 1 N–H and O–H groups in total. The second-order valence-electron chi connectivity index (χ2n) is 6.15. The lowest BCUT2D eigenvalue weighted by Crippen LogP contribution is -2.28. The number of amides is 2. The van der Waals surface area contributed by atoms with Crippen molar-refractivity contribution in [2.45, 2.75) is 6.42 Å². The Hall–Kier alpha value is -2.77. The molecule has 6 nitrogen and oxygen atoms in total. The van der Waals surface area contributed by atoms with Crippen LogP contribution < -0.4 is 10.2 Å². The summed E-state index contributed by atoms with van der Waals surface area (Å²) in [6.07, 6.45) is 3.58. The van der Waals surface area contributed by atoms with E-state index in [0.717, 1.165) is 11.3 Å². The second kappa shape index (κ2) is 7.46. The Morgan fingerprint density at radius 1 is 1.30 bits per heavy atom. The maximum absolute atomic E-state index is 12.6. The number of carbonyl (C=O) groups excluding carboxylic acids is 2. The summed E-state index contributed by atoms with van der Waals surface area (Å²) in [5.41, 5.74) is 2.35. The van der Waals surface area contributed by atoms with Crippen LogP contribution in [0.2, 0.25) is 5.02 Å². The van der Waals surface area contributed by atoms with Crippen molar-refractivity contribution in [2.75, 3.05) is 16.8 Å². The van der Waals surface area contributed by atoms with Gasteiger partial charge in [0.1, 0.15) is 0 Å². The van der Waals surface area contributed by atoms with E-state index in [1.165, 1.54) is 11.3 Å². The molecule has 1 aliphatic rings. The highest BCUT2D eigenvalue weighted by atomic mass is 35.5. The number of anilines is 2. The summed E-state index contributed by atoms with van der Waals surface area (Å²) in [7, 11) is 0. The summed E-state index contributed by atoms with van der Waals surface area (Å²) >= 11 is 7.35. The van der Waals surface area contributed by atoms with E-state index in [1.807, 2.05) is 23.6 Å². The fourth-order valence-electron chi connectivity index (χ4n) is 2.96. The largest absolute Gasteiger partial charge is 0.312 e. The monoisotopic (exact) mass is 398 g/mol. The highest BCUT2D eigenvalue weighted by molar-refractivity contribution is 7.14. The van der Waals surface area contributed by atoms with Crippen molar-refractivity contribution < 1.29 is 9.59 Å². The average Bonchev–Trinajstić information content (AvgIpc) is 3.29. The number of pyridine rings is 1.